The molecule has 114 valence electrons. The van der Waals surface area contributed by atoms with Crippen LogP contribution in [-0.4, -0.2) is 11.6 Å². The Kier molecular flexibility index (Phi) is 3.94. The molecule has 0 aromatic heterocycles. The third kappa shape index (κ3) is 2.99. The number of hydrogen-bond donors (Lipinski definition) is 1. The number of aliphatic imine (C=N–C) groups is 1. The molecule has 23 heavy (non-hydrogen) atoms. The molecule has 2 N–H and O–H groups in total. The van der Waals surface area contributed by atoms with Gasteiger partial charge in [-0.2, -0.15) is 0 Å². The minimum atomic E-state index is -0.384. The fourth-order valence-electron chi connectivity index (χ4n) is 2.83. The number of rotatable bonds is 2. The molecule has 0 saturated carbocycles. The number of nitrogen functional groups attached to an aromatic ring is 1. The maximum absolute atomic E-state index is 11.2. The van der Waals surface area contributed by atoms with Gasteiger partial charge in [0.05, 0.1) is 11.1 Å². The number of allylic oxidation sites excluding steroid dienone is 4. The second-order valence-corrected chi connectivity index (χ2v) is 5.58. The number of anilines is 1. The lowest BCUT2D eigenvalue weighted by atomic mass is 9.72. The van der Waals surface area contributed by atoms with Crippen LogP contribution in [0.15, 0.2) is 83.9 Å². The average molecular weight is 302 g/mol. The summed E-state index contributed by atoms with van der Waals surface area (Å²) in [7, 11) is 0. The minimum absolute atomic E-state index is 0.200. The van der Waals surface area contributed by atoms with E-state index in [1.54, 1.807) is 0 Å². The van der Waals surface area contributed by atoms with E-state index in [0.717, 1.165) is 16.8 Å². The molecular weight excluding hydrogens is 284 g/mol. The van der Waals surface area contributed by atoms with Crippen molar-refractivity contribution in [1.82, 2.24) is 0 Å². The molecule has 3 rings (SSSR count). The number of hydrogen-bond acceptors (Lipinski definition) is 2. The Bertz CT molecular complexity index is 783. The summed E-state index contributed by atoms with van der Waals surface area (Å²) in [5, 5.41) is 0. The van der Waals surface area contributed by atoms with Gasteiger partial charge in [0, 0.05) is 12.6 Å². The fraction of sp³-hybridized carbons (Fsp3) is 0.100. The highest BCUT2D eigenvalue weighted by molar-refractivity contribution is 6.10. The highest BCUT2D eigenvalue weighted by atomic mass is 16.1. The van der Waals surface area contributed by atoms with Crippen LogP contribution in [0.5, 0.6) is 0 Å². The normalized spacial score (nSPS) is 19.6. The van der Waals surface area contributed by atoms with Crippen LogP contribution >= 0.6 is 0 Å². The lowest BCUT2D eigenvalue weighted by Gasteiger charge is -2.31. The zero-order valence-corrected chi connectivity index (χ0v) is 12.9. The van der Waals surface area contributed by atoms with E-state index in [1.165, 1.54) is 6.92 Å². The first kappa shape index (κ1) is 15.0. The average Bonchev–Trinajstić information content (AvgIpc) is 2.57. The molecule has 0 radical (unpaired) electrons. The second kappa shape index (κ2) is 6.05. The molecule has 2 aromatic rings. The molecule has 0 saturated heterocycles. The number of benzene rings is 2. The van der Waals surface area contributed by atoms with E-state index in [4.69, 9.17) is 5.73 Å². The van der Waals surface area contributed by atoms with Gasteiger partial charge in [-0.15, -0.1) is 0 Å². The van der Waals surface area contributed by atoms with E-state index < -0.39 is 0 Å². The van der Waals surface area contributed by atoms with Crippen molar-refractivity contribution in [2.45, 2.75) is 12.3 Å². The molecule has 0 heterocycles. The van der Waals surface area contributed by atoms with E-state index in [-0.39, 0.29) is 11.3 Å². The zero-order valence-electron chi connectivity index (χ0n) is 12.9. The lowest BCUT2D eigenvalue weighted by Crippen LogP contribution is -2.25. The van der Waals surface area contributed by atoms with Crippen LogP contribution in [0.3, 0.4) is 0 Å². The molecule has 2 aromatic carbocycles. The Morgan fingerprint density at radius 2 is 1.48 bits per heavy atom. The van der Waals surface area contributed by atoms with Crippen molar-refractivity contribution in [3.8, 4) is 0 Å². The number of nitrogens with two attached hydrogens (primary N) is 1. The molecule has 1 amide bonds. The first-order valence-corrected chi connectivity index (χ1v) is 7.49. The summed E-state index contributed by atoms with van der Waals surface area (Å²) in [6.07, 6.45) is 7.95. The summed E-state index contributed by atoms with van der Waals surface area (Å²) in [6.45, 7) is 1.45. The molecule has 3 nitrogen and oxygen atoms in total. The number of nitrogens with zero attached hydrogens (tertiary/aromatic N) is 1. The van der Waals surface area contributed by atoms with Gasteiger partial charge in [0.1, 0.15) is 0 Å². The van der Waals surface area contributed by atoms with Crippen molar-refractivity contribution in [2.24, 2.45) is 4.99 Å². The Labute approximate surface area is 135 Å². The Morgan fingerprint density at radius 1 is 0.913 bits per heavy atom. The van der Waals surface area contributed by atoms with Crippen LogP contribution in [0.2, 0.25) is 0 Å². The summed E-state index contributed by atoms with van der Waals surface area (Å²) in [5.74, 6) is -0.200. The van der Waals surface area contributed by atoms with Gasteiger partial charge in [-0.05, 0) is 35.4 Å². The minimum Gasteiger partial charge on any atom is -0.399 e. The van der Waals surface area contributed by atoms with Gasteiger partial charge in [-0.3, -0.25) is 4.79 Å². The topological polar surface area (TPSA) is 55.5 Å². The fourth-order valence-corrected chi connectivity index (χ4v) is 2.83. The summed E-state index contributed by atoms with van der Waals surface area (Å²) in [6, 6.07) is 18.1. The number of carbonyl (C=O) groups excluding carboxylic acids is 1. The van der Waals surface area contributed by atoms with Gasteiger partial charge in [0.15, 0.2) is 0 Å². The Hall–Kier alpha value is -2.94. The Balaban J connectivity index is 2.12. The van der Waals surface area contributed by atoms with Crippen molar-refractivity contribution >= 4 is 17.3 Å². The van der Waals surface area contributed by atoms with Crippen molar-refractivity contribution in [3.63, 3.8) is 0 Å². The van der Waals surface area contributed by atoms with Gasteiger partial charge in [0.25, 0.3) is 0 Å². The van der Waals surface area contributed by atoms with Gasteiger partial charge in [-0.1, -0.05) is 54.6 Å². The van der Waals surface area contributed by atoms with Gasteiger partial charge in [-0.25, -0.2) is 4.99 Å². The molecule has 1 aliphatic rings. The maximum Gasteiger partial charge on any atom is 0.243 e. The highest BCUT2D eigenvalue weighted by Gasteiger charge is 2.30. The van der Waals surface area contributed by atoms with Crippen LogP contribution < -0.4 is 5.73 Å². The second-order valence-electron chi connectivity index (χ2n) is 5.58. The van der Waals surface area contributed by atoms with Gasteiger partial charge >= 0.3 is 0 Å². The highest BCUT2D eigenvalue weighted by Crippen LogP contribution is 2.37. The Morgan fingerprint density at radius 3 is 2.04 bits per heavy atom. The third-order valence-corrected chi connectivity index (χ3v) is 3.96. The summed E-state index contributed by atoms with van der Waals surface area (Å²) >= 11 is 0. The van der Waals surface area contributed by atoms with Crippen LogP contribution in [0, 0.1) is 0 Å². The molecule has 0 aliphatic heterocycles. The summed E-state index contributed by atoms with van der Waals surface area (Å²) < 4.78 is 0. The predicted molar refractivity (Wildman–Crippen MR) is 94.5 cm³/mol. The first-order chi connectivity index (χ1) is 11.1. The third-order valence-electron chi connectivity index (χ3n) is 3.96. The van der Waals surface area contributed by atoms with Crippen molar-refractivity contribution in [2.75, 3.05) is 5.73 Å². The molecule has 3 heteroatoms. The summed E-state index contributed by atoms with van der Waals surface area (Å²) in [5.41, 5.74) is 9.11. The van der Waals surface area contributed by atoms with Crippen molar-refractivity contribution in [1.29, 1.82) is 0 Å². The molecule has 0 unspecified atom stereocenters. The number of carbonyl (C=O) groups is 1. The monoisotopic (exact) mass is 302 g/mol. The largest absolute Gasteiger partial charge is 0.399 e. The predicted octanol–water partition coefficient (Wildman–Crippen LogP) is 3.67. The summed E-state index contributed by atoms with van der Waals surface area (Å²) in [4.78, 5) is 15.2. The van der Waals surface area contributed by atoms with Crippen LogP contribution in [0.4, 0.5) is 5.69 Å². The zero-order chi connectivity index (χ0) is 16.3. The van der Waals surface area contributed by atoms with Crippen molar-refractivity contribution < 1.29 is 4.79 Å². The number of amides is 1. The van der Waals surface area contributed by atoms with Crippen LogP contribution in [0.25, 0.3) is 0 Å². The molecule has 0 bridgehead atoms. The quantitative estimate of drug-likeness (QED) is 0.861. The molecule has 0 spiro atoms. The van der Waals surface area contributed by atoms with E-state index in [2.05, 4.69) is 29.3 Å². The lowest BCUT2D eigenvalue weighted by molar-refractivity contribution is -0.115. The molecule has 0 fully saturated rings. The standard InChI is InChI=1S/C20H18N2O/c1-15(23)22-19-11-13-20(14-12-19,16-5-3-2-4-6-16)17-7-9-18(21)10-8-17/h2-14H,21H2,1H3. The van der Waals surface area contributed by atoms with E-state index in [9.17, 15) is 4.79 Å². The molecular formula is C20H18N2O. The maximum atomic E-state index is 11.2. The van der Waals surface area contributed by atoms with E-state index in [1.807, 2.05) is 54.6 Å². The first-order valence-electron chi connectivity index (χ1n) is 7.49. The van der Waals surface area contributed by atoms with E-state index in [0.29, 0.717) is 5.71 Å². The molecule has 1 aliphatic carbocycles. The SMILES string of the molecule is CC(=O)N=C1C=CC(c2ccccc2)(c2ccc(N)cc2)C=C1. The van der Waals surface area contributed by atoms with Crippen LogP contribution in [0.1, 0.15) is 18.1 Å². The van der Waals surface area contributed by atoms with Crippen LogP contribution in [-0.2, 0) is 10.2 Å². The molecule has 0 atom stereocenters. The van der Waals surface area contributed by atoms with Crippen molar-refractivity contribution in [3.05, 3.63) is 90.0 Å². The van der Waals surface area contributed by atoms with E-state index >= 15 is 0 Å². The van der Waals surface area contributed by atoms with Gasteiger partial charge < -0.3 is 5.73 Å². The smallest absolute Gasteiger partial charge is 0.243 e. The van der Waals surface area contributed by atoms with Gasteiger partial charge in [0.2, 0.25) is 5.91 Å².